The van der Waals surface area contributed by atoms with Crippen molar-refractivity contribution in [1.82, 2.24) is 0 Å². The Kier molecular flexibility index (Phi) is 8.21. The van der Waals surface area contributed by atoms with Gasteiger partial charge in [-0.1, -0.05) is 88.1 Å². The first-order valence-corrected chi connectivity index (χ1v) is 12.7. The molecule has 2 nitrogen and oxygen atoms in total. The maximum absolute atomic E-state index is 6.01. The summed E-state index contributed by atoms with van der Waals surface area (Å²) in [5, 5.41) is 0. The van der Waals surface area contributed by atoms with E-state index in [2.05, 4.69) is 62.4 Å². The van der Waals surface area contributed by atoms with Crippen molar-refractivity contribution in [3.63, 3.8) is 0 Å². The smallest absolute Gasteiger partial charge is 0.106 e. The summed E-state index contributed by atoms with van der Waals surface area (Å²) in [7, 11) is 0. The van der Waals surface area contributed by atoms with E-state index in [1.165, 1.54) is 73.6 Å². The quantitative estimate of drug-likeness (QED) is 0.402. The van der Waals surface area contributed by atoms with Gasteiger partial charge in [0.1, 0.15) is 6.10 Å². The highest BCUT2D eigenvalue weighted by Gasteiger charge is 2.23. The maximum atomic E-state index is 6.01. The number of rotatable bonds is 8. The molecule has 2 aromatic rings. The van der Waals surface area contributed by atoms with E-state index in [1.807, 2.05) is 0 Å². The first-order valence-electron chi connectivity index (χ1n) is 12.7. The molecule has 0 unspecified atom stereocenters. The third-order valence-electron chi connectivity index (χ3n) is 7.48. The first-order chi connectivity index (χ1) is 15.3. The van der Waals surface area contributed by atoms with Crippen molar-refractivity contribution in [1.29, 1.82) is 0 Å². The van der Waals surface area contributed by atoms with Gasteiger partial charge < -0.3 is 9.47 Å². The Balaban J connectivity index is 1.30. The zero-order valence-electron chi connectivity index (χ0n) is 19.5. The molecule has 168 valence electrons. The zero-order chi connectivity index (χ0) is 21.5. The van der Waals surface area contributed by atoms with E-state index in [0.29, 0.717) is 13.2 Å². The van der Waals surface area contributed by atoms with Crippen LogP contribution in [-0.2, 0) is 9.47 Å². The molecule has 1 aliphatic heterocycles. The fourth-order valence-electron chi connectivity index (χ4n) is 5.28. The van der Waals surface area contributed by atoms with E-state index >= 15 is 0 Å². The lowest BCUT2D eigenvalue weighted by Gasteiger charge is -2.29. The van der Waals surface area contributed by atoms with Crippen molar-refractivity contribution >= 4 is 0 Å². The van der Waals surface area contributed by atoms with Gasteiger partial charge in [0.15, 0.2) is 0 Å². The standard InChI is InChI=1S/C29H40O2/c1-3-5-6-7-22-8-10-23(11-9-22)24-12-14-25(15-13-24)26-16-18-27(19-17-26)29-21-30-28(4-2)20-31-29/h12-19,22-23,28-29H,3-11,20-21H2,1-2H3/t22?,23?,28-,29-/m1/s1. The lowest BCUT2D eigenvalue weighted by Crippen LogP contribution is -2.30. The van der Waals surface area contributed by atoms with E-state index in [-0.39, 0.29) is 12.2 Å². The van der Waals surface area contributed by atoms with Crippen LogP contribution in [0.4, 0.5) is 0 Å². The fourth-order valence-corrected chi connectivity index (χ4v) is 5.28. The monoisotopic (exact) mass is 420 g/mol. The molecule has 2 aromatic carbocycles. The normalized spacial score (nSPS) is 26.6. The molecule has 0 spiro atoms. The van der Waals surface area contributed by atoms with Gasteiger partial charge in [0.25, 0.3) is 0 Å². The van der Waals surface area contributed by atoms with Gasteiger partial charge in [-0.3, -0.25) is 0 Å². The van der Waals surface area contributed by atoms with Crippen LogP contribution in [-0.4, -0.2) is 19.3 Å². The summed E-state index contributed by atoms with van der Waals surface area (Å²) < 4.78 is 11.9. The van der Waals surface area contributed by atoms with Crippen LogP contribution < -0.4 is 0 Å². The molecule has 1 saturated carbocycles. The minimum atomic E-state index is 0.0660. The molecule has 0 N–H and O–H groups in total. The van der Waals surface area contributed by atoms with Gasteiger partial charge in [-0.25, -0.2) is 0 Å². The second-order valence-electron chi connectivity index (χ2n) is 9.64. The molecule has 0 bridgehead atoms. The molecule has 2 fully saturated rings. The largest absolute Gasteiger partial charge is 0.373 e. The summed E-state index contributed by atoms with van der Waals surface area (Å²) >= 11 is 0. The Hall–Kier alpha value is -1.64. The highest BCUT2D eigenvalue weighted by Crippen LogP contribution is 2.38. The molecule has 1 aliphatic carbocycles. The zero-order valence-corrected chi connectivity index (χ0v) is 19.5. The fraction of sp³-hybridized carbons (Fsp3) is 0.586. The molecule has 1 heterocycles. The highest BCUT2D eigenvalue weighted by atomic mass is 16.6. The maximum Gasteiger partial charge on any atom is 0.106 e. The SMILES string of the molecule is CCCCCC1CCC(c2ccc(-c3ccc([C@H]4CO[C@H](CC)CO4)cc3)cc2)CC1. The molecule has 1 saturated heterocycles. The van der Waals surface area contributed by atoms with Crippen LogP contribution in [0, 0.1) is 5.92 Å². The van der Waals surface area contributed by atoms with Crippen LogP contribution in [0.2, 0.25) is 0 Å². The van der Waals surface area contributed by atoms with Crippen LogP contribution in [0.15, 0.2) is 48.5 Å². The molecule has 2 atom stereocenters. The van der Waals surface area contributed by atoms with Gasteiger partial charge in [-0.15, -0.1) is 0 Å². The van der Waals surface area contributed by atoms with Gasteiger partial charge in [-0.2, -0.15) is 0 Å². The summed E-state index contributed by atoms with van der Waals surface area (Å²) in [5.41, 5.74) is 5.32. The van der Waals surface area contributed by atoms with Crippen molar-refractivity contribution in [3.8, 4) is 11.1 Å². The topological polar surface area (TPSA) is 18.5 Å². The molecule has 4 rings (SSSR count). The summed E-state index contributed by atoms with van der Waals surface area (Å²) in [6.07, 6.45) is 12.5. The Morgan fingerprint density at radius 2 is 1.35 bits per heavy atom. The van der Waals surface area contributed by atoms with E-state index in [4.69, 9.17) is 9.47 Å². The number of ether oxygens (including phenoxy) is 2. The summed E-state index contributed by atoms with van der Waals surface area (Å²) in [5.74, 6) is 1.74. The summed E-state index contributed by atoms with van der Waals surface area (Å²) in [6, 6.07) is 18.2. The second kappa shape index (κ2) is 11.3. The van der Waals surface area contributed by atoms with Crippen LogP contribution in [0.5, 0.6) is 0 Å². The van der Waals surface area contributed by atoms with E-state index in [0.717, 1.165) is 18.3 Å². The van der Waals surface area contributed by atoms with Gasteiger partial charge in [0.05, 0.1) is 19.3 Å². The predicted octanol–water partition coefficient (Wildman–Crippen LogP) is 8.07. The Bertz CT molecular complexity index is 763. The Labute approximate surface area is 189 Å². The lowest BCUT2D eigenvalue weighted by atomic mass is 9.77. The molecule has 0 aromatic heterocycles. The van der Waals surface area contributed by atoms with E-state index < -0.39 is 0 Å². The van der Waals surface area contributed by atoms with Crippen molar-refractivity contribution in [2.45, 2.75) is 89.8 Å². The summed E-state index contributed by atoms with van der Waals surface area (Å²) in [6.45, 7) is 5.81. The molecule has 2 aliphatic rings. The van der Waals surface area contributed by atoms with Crippen LogP contribution in [0.1, 0.15) is 94.8 Å². The highest BCUT2D eigenvalue weighted by molar-refractivity contribution is 5.64. The summed E-state index contributed by atoms with van der Waals surface area (Å²) in [4.78, 5) is 0. The van der Waals surface area contributed by atoms with Gasteiger partial charge in [0, 0.05) is 0 Å². The van der Waals surface area contributed by atoms with Gasteiger partial charge in [0.2, 0.25) is 0 Å². The minimum absolute atomic E-state index is 0.0660. The first kappa shape index (κ1) is 22.6. The number of benzene rings is 2. The van der Waals surface area contributed by atoms with Gasteiger partial charge in [-0.05, 0) is 66.2 Å². The second-order valence-corrected chi connectivity index (χ2v) is 9.64. The molecular formula is C29H40O2. The molecule has 2 heteroatoms. The molecule has 0 radical (unpaired) electrons. The third-order valence-corrected chi connectivity index (χ3v) is 7.48. The van der Waals surface area contributed by atoms with Crippen molar-refractivity contribution in [2.24, 2.45) is 5.92 Å². The molecule has 0 amide bonds. The lowest BCUT2D eigenvalue weighted by molar-refractivity contribution is -0.135. The Morgan fingerprint density at radius 3 is 1.90 bits per heavy atom. The number of hydrogen-bond donors (Lipinski definition) is 0. The van der Waals surface area contributed by atoms with Crippen molar-refractivity contribution in [2.75, 3.05) is 13.2 Å². The predicted molar refractivity (Wildman–Crippen MR) is 129 cm³/mol. The number of unbranched alkanes of at least 4 members (excludes halogenated alkanes) is 2. The van der Waals surface area contributed by atoms with E-state index in [9.17, 15) is 0 Å². The van der Waals surface area contributed by atoms with Crippen molar-refractivity contribution < 1.29 is 9.47 Å². The van der Waals surface area contributed by atoms with Crippen LogP contribution in [0.25, 0.3) is 11.1 Å². The van der Waals surface area contributed by atoms with Crippen LogP contribution in [0.3, 0.4) is 0 Å². The van der Waals surface area contributed by atoms with Gasteiger partial charge >= 0.3 is 0 Å². The molecule has 31 heavy (non-hydrogen) atoms. The number of hydrogen-bond acceptors (Lipinski definition) is 2. The van der Waals surface area contributed by atoms with E-state index in [1.54, 1.807) is 0 Å². The minimum Gasteiger partial charge on any atom is -0.373 e. The average Bonchev–Trinajstić information content (AvgIpc) is 2.85. The average molecular weight is 421 g/mol. The molecular weight excluding hydrogens is 380 g/mol. The Morgan fingerprint density at radius 1 is 0.710 bits per heavy atom. The third kappa shape index (κ3) is 5.99. The van der Waals surface area contributed by atoms with Crippen LogP contribution >= 0.6 is 0 Å². The van der Waals surface area contributed by atoms with Crippen molar-refractivity contribution in [3.05, 3.63) is 59.7 Å².